The first-order valence-electron chi connectivity index (χ1n) is 0.812. The molecule has 0 saturated carbocycles. The molecule has 0 N–H and O–H groups in total. The molecule has 0 bridgehead atoms. The zero-order valence-corrected chi connectivity index (χ0v) is 3.12. The third-order valence-electron chi connectivity index (χ3n) is 0.0816. The predicted molar refractivity (Wildman–Crippen MR) is 20.8 cm³/mol. The van der Waals surface area contributed by atoms with Crippen LogP contribution in [0.3, 0.4) is 0 Å². The van der Waals surface area contributed by atoms with Crippen molar-refractivity contribution < 1.29 is 0 Å². The minimum atomic E-state index is 0.546. The van der Waals surface area contributed by atoms with Crippen LogP contribution in [0.5, 0.6) is 0 Å². The normalized spacial score (nSPS) is 4.40. The zero-order chi connectivity index (χ0) is 4.12. The van der Waals surface area contributed by atoms with Gasteiger partial charge in [0.15, 0.2) is 0 Å². The fourth-order valence-electron chi connectivity index (χ4n) is 0.0204. The van der Waals surface area contributed by atoms with E-state index in [1.165, 1.54) is 0 Å². The van der Waals surface area contributed by atoms with Gasteiger partial charge in [0.1, 0.15) is 0 Å². The molecule has 0 aromatic heterocycles. The highest BCUT2D eigenvalue weighted by Crippen LogP contribution is 1.97. The fourth-order valence-corrected chi connectivity index (χ4v) is 0.0612. The third kappa shape index (κ3) is 3.33. The van der Waals surface area contributed by atoms with Crippen molar-refractivity contribution in [3.63, 3.8) is 0 Å². The van der Waals surface area contributed by atoms with Gasteiger partial charge in [-0.3, -0.25) is 0 Å². The molecular formula is C2N2S. The summed E-state index contributed by atoms with van der Waals surface area (Å²) < 4.78 is 5.33. The molecule has 0 fully saturated rings. The van der Waals surface area contributed by atoms with E-state index in [4.69, 9.17) is 13.1 Å². The lowest BCUT2D eigenvalue weighted by Crippen LogP contribution is -1.12. The lowest BCUT2D eigenvalue weighted by Gasteiger charge is -1.39. The quantitative estimate of drug-likeness (QED) is 0.318. The van der Waals surface area contributed by atoms with E-state index in [0.717, 1.165) is 0 Å². The van der Waals surface area contributed by atoms with Crippen LogP contribution < -0.4 is 0 Å². The minimum absolute atomic E-state index is 0.546. The van der Waals surface area contributed by atoms with Crippen LogP contribution in [0.1, 0.15) is 0 Å². The highest BCUT2D eigenvalue weighted by atomic mass is 32.2. The van der Waals surface area contributed by atoms with Crippen LogP contribution in [0, 0.1) is 13.1 Å². The monoisotopic (exact) mass is 84.0 g/mol. The van der Waals surface area contributed by atoms with E-state index in [1.54, 1.807) is 0 Å². The van der Waals surface area contributed by atoms with E-state index < -0.39 is 0 Å². The van der Waals surface area contributed by atoms with Crippen molar-refractivity contribution in [3.8, 4) is 0 Å². The Kier molecular flexibility index (Phi) is 2.88. The van der Waals surface area contributed by atoms with Crippen LogP contribution in [0.2, 0.25) is 0 Å². The van der Waals surface area contributed by atoms with E-state index >= 15 is 0 Å². The van der Waals surface area contributed by atoms with E-state index in [1.807, 2.05) is 0 Å². The van der Waals surface area contributed by atoms with Crippen molar-refractivity contribution in [2.75, 3.05) is 0 Å². The molecule has 2 nitrogen and oxygen atoms in total. The van der Waals surface area contributed by atoms with Gasteiger partial charge < -0.3 is 0 Å². The van der Waals surface area contributed by atoms with Crippen molar-refractivity contribution in [2.45, 2.75) is 0 Å². The number of hydrogen-bond acceptors (Lipinski definition) is 1. The maximum Gasteiger partial charge on any atom is 0.700 e. The fraction of sp³-hybridized carbons (Fsp3) is 0. The molecule has 0 amide bonds. The second-order valence-electron chi connectivity index (χ2n) is 0.264. The van der Waals surface area contributed by atoms with Gasteiger partial charge in [-0.25, -0.2) is 13.1 Å². The first kappa shape index (κ1) is 4.33. The zero-order valence-electron chi connectivity index (χ0n) is 2.30. The highest BCUT2D eigenvalue weighted by molar-refractivity contribution is 8.03. The summed E-state index contributed by atoms with van der Waals surface area (Å²) in [5.41, 5.74) is 0. The molecule has 0 aromatic rings. The Labute approximate surface area is 34.7 Å². The van der Waals surface area contributed by atoms with Gasteiger partial charge in [0.25, 0.3) is 0 Å². The second kappa shape index (κ2) is 3.33. The molecular weight excluding hydrogens is 84.1 g/mol. The van der Waals surface area contributed by atoms with Crippen LogP contribution in [-0.2, 0) is 0 Å². The molecule has 0 saturated heterocycles. The Hall–Kier alpha value is -0.670. The molecule has 0 radical (unpaired) electrons. The first-order valence-corrected chi connectivity index (χ1v) is 1.54. The molecule has 0 atom stereocenters. The molecule has 5 heavy (non-hydrogen) atoms. The topological polar surface area (TPSA) is 8.72 Å². The minimum Gasteiger partial charge on any atom is -0.203 e. The Balaban J connectivity index is 2.86. The smallest absolute Gasteiger partial charge is 0.203 e. The van der Waals surface area contributed by atoms with Crippen LogP contribution in [-0.4, -0.2) is 0 Å². The maximum atomic E-state index is 5.98. The van der Waals surface area contributed by atoms with E-state index in [2.05, 4.69) is 8.50 Å². The number of rotatable bonds is 0. The van der Waals surface area contributed by atoms with Crippen LogP contribution in [0.25, 0.3) is 8.50 Å². The van der Waals surface area contributed by atoms with Gasteiger partial charge in [-0.05, 0) is 0 Å². The highest BCUT2D eigenvalue weighted by Gasteiger charge is 1.81. The number of hydrogen-bond donors (Lipinski definition) is 0. The first-order chi connectivity index (χ1) is 2.41. The van der Waals surface area contributed by atoms with Gasteiger partial charge in [0.2, 0.25) is 0 Å². The van der Waals surface area contributed by atoms with Crippen molar-refractivity contribution in [2.24, 2.45) is 0 Å². The van der Waals surface area contributed by atoms with E-state index in [9.17, 15) is 0 Å². The maximum absolute atomic E-state index is 5.98. The average Bonchev–Trinajstić information content (AvgIpc) is 1.41. The summed E-state index contributed by atoms with van der Waals surface area (Å²) in [5, 5.41) is 0. The van der Waals surface area contributed by atoms with E-state index in [0.29, 0.717) is 12.1 Å². The summed E-state index contributed by atoms with van der Waals surface area (Å²) in [4.78, 5) is 0. The Morgan fingerprint density at radius 2 is 1.60 bits per heavy atom. The summed E-state index contributed by atoms with van der Waals surface area (Å²) in [5.74, 6) is 0. The predicted octanol–water partition coefficient (Wildman–Crippen LogP) is 1.39. The van der Waals surface area contributed by atoms with Gasteiger partial charge in [-0.1, -0.05) is 0 Å². The van der Waals surface area contributed by atoms with Gasteiger partial charge in [-0.15, -0.1) is 8.50 Å². The third-order valence-corrected chi connectivity index (χ3v) is 0.245. The molecule has 0 aromatic carbocycles. The van der Waals surface area contributed by atoms with Gasteiger partial charge in [-0.2, -0.15) is 0 Å². The van der Waals surface area contributed by atoms with Crippen LogP contribution in [0.15, 0.2) is 0 Å². The van der Waals surface area contributed by atoms with Crippen molar-refractivity contribution >= 4 is 12.1 Å². The van der Waals surface area contributed by atoms with Gasteiger partial charge in [0.05, 0.1) is 0 Å². The van der Waals surface area contributed by atoms with Crippen molar-refractivity contribution in [1.82, 2.24) is 0 Å². The summed E-state index contributed by atoms with van der Waals surface area (Å²) in [7, 11) is 0. The molecule has 0 rings (SSSR count). The summed E-state index contributed by atoms with van der Waals surface area (Å²) in [6.07, 6.45) is 0. The molecule has 3 heteroatoms. The Bertz CT molecular complexity index is 72.8. The molecule has 0 spiro atoms. The molecule has 0 heterocycles. The molecule has 24 valence electrons. The van der Waals surface area contributed by atoms with Gasteiger partial charge in [0, 0.05) is 0 Å². The summed E-state index contributed by atoms with van der Waals surface area (Å²) >= 11 is 0.546. The lowest BCUT2D eigenvalue weighted by molar-refractivity contribution is 2.51. The standard InChI is InChI=1S/C2N2S/c1-3-5-4-2. The Morgan fingerprint density at radius 3 is 1.60 bits per heavy atom. The van der Waals surface area contributed by atoms with Crippen LogP contribution >= 0.6 is 12.1 Å². The summed E-state index contributed by atoms with van der Waals surface area (Å²) in [6, 6.07) is 0. The molecule has 0 unspecified atom stereocenters. The second-order valence-corrected chi connectivity index (χ2v) is 0.793. The largest absolute Gasteiger partial charge is 0.700 e. The van der Waals surface area contributed by atoms with E-state index in [-0.39, 0.29) is 0 Å². The molecule has 0 aliphatic carbocycles. The SMILES string of the molecule is [C-]#[N+]S[N+]#[C-]. The molecule has 0 aliphatic heterocycles. The van der Waals surface area contributed by atoms with Gasteiger partial charge >= 0.3 is 12.1 Å². The summed E-state index contributed by atoms with van der Waals surface area (Å²) in [6.45, 7) is 12.0. The van der Waals surface area contributed by atoms with Crippen LogP contribution in [0.4, 0.5) is 0 Å². The lowest BCUT2D eigenvalue weighted by atomic mass is 11.8. The average molecular weight is 84.1 g/mol. The number of nitrogens with zero attached hydrogens (tertiary/aromatic N) is 2. The Morgan fingerprint density at radius 1 is 1.20 bits per heavy atom. The molecule has 0 aliphatic rings. The van der Waals surface area contributed by atoms with Crippen molar-refractivity contribution in [1.29, 1.82) is 0 Å². The van der Waals surface area contributed by atoms with Crippen molar-refractivity contribution in [3.05, 3.63) is 21.6 Å².